The van der Waals surface area contributed by atoms with Gasteiger partial charge in [0.1, 0.15) is 0 Å². The van der Waals surface area contributed by atoms with Crippen LogP contribution >= 0.6 is 0 Å². The predicted molar refractivity (Wildman–Crippen MR) is 118 cm³/mol. The van der Waals surface area contributed by atoms with Crippen LogP contribution < -0.4 is 0 Å². The molecule has 1 saturated heterocycles. The summed E-state index contributed by atoms with van der Waals surface area (Å²) in [6.45, 7) is 5.96. The third-order valence-electron chi connectivity index (χ3n) is 7.43. The van der Waals surface area contributed by atoms with Gasteiger partial charge in [0.2, 0.25) is 0 Å². The summed E-state index contributed by atoms with van der Waals surface area (Å²) in [5.74, 6) is -1.54. The average Bonchev–Trinajstić information content (AvgIpc) is 3.11. The lowest BCUT2D eigenvalue weighted by Gasteiger charge is -2.48. The topological polar surface area (TPSA) is 88.1 Å². The van der Waals surface area contributed by atoms with Crippen LogP contribution in [0.4, 0.5) is 0 Å². The molecule has 7 heteroatoms. The Morgan fingerprint density at radius 2 is 1.47 bits per heavy atom. The molecule has 180 valence electrons. The van der Waals surface area contributed by atoms with Crippen molar-refractivity contribution in [2.24, 2.45) is 11.3 Å². The van der Waals surface area contributed by atoms with Gasteiger partial charge in [0, 0.05) is 18.4 Å². The highest BCUT2D eigenvalue weighted by molar-refractivity contribution is 6.00. The molecule has 2 spiro atoms. The van der Waals surface area contributed by atoms with E-state index in [0.717, 1.165) is 38.5 Å². The van der Waals surface area contributed by atoms with E-state index in [-0.39, 0.29) is 37.1 Å². The summed E-state index contributed by atoms with van der Waals surface area (Å²) >= 11 is 0. The molecule has 0 radical (unpaired) electrons. The molecule has 7 nitrogen and oxygen atoms in total. The number of esters is 3. The zero-order valence-corrected chi connectivity index (χ0v) is 19.8. The Balaban J connectivity index is 1.95. The monoisotopic (exact) mass is 450 g/mol. The van der Waals surface area contributed by atoms with Crippen molar-refractivity contribution in [2.75, 3.05) is 19.8 Å². The Labute approximate surface area is 191 Å². The molecule has 3 aliphatic rings. The molecule has 1 aliphatic heterocycles. The molecule has 0 unspecified atom stereocenters. The molecule has 2 atom stereocenters. The summed E-state index contributed by atoms with van der Waals surface area (Å²) in [5.41, 5.74) is -2.29. The van der Waals surface area contributed by atoms with E-state index >= 15 is 0 Å². The molecule has 0 aromatic rings. The zero-order chi connectivity index (χ0) is 23.2. The van der Waals surface area contributed by atoms with Gasteiger partial charge in [-0.05, 0) is 59.3 Å². The van der Waals surface area contributed by atoms with Gasteiger partial charge in [-0.2, -0.15) is 0 Å². The maximum atomic E-state index is 13.1. The van der Waals surface area contributed by atoms with Crippen molar-refractivity contribution in [3.63, 3.8) is 0 Å². The summed E-state index contributed by atoms with van der Waals surface area (Å²) < 4.78 is 22.7. The third-order valence-corrected chi connectivity index (χ3v) is 7.43. The first kappa shape index (κ1) is 24.7. The Morgan fingerprint density at radius 3 is 2.06 bits per heavy atom. The summed E-state index contributed by atoms with van der Waals surface area (Å²) in [5, 5.41) is 0. The van der Waals surface area contributed by atoms with E-state index < -0.39 is 23.0 Å². The van der Waals surface area contributed by atoms with Crippen LogP contribution in [0.3, 0.4) is 0 Å². The third kappa shape index (κ3) is 4.87. The Hall–Kier alpha value is -1.89. The van der Waals surface area contributed by atoms with Gasteiger partial charge in [0.15, 0.2) is 5.41 Å². The molecule has 0 N–H and O–H groups in total. The Morgan fingerprint density at radius 1 is 0.844 bits per heavy atom. The quantitative estimate of drug-likeness (QED) is 0.248. The van der Waals surface area contributed by atoms with Crippen LogP contribution in [0.2, 0.25) is 0 Å². The van der Waals surface area contributed by atoms with Crippen molar-refractivity contribution in [2.45, 2.75) is 96.2 Å². The van der Waals surface area contributed by atoms with Gasteiger partial charge in [-0.15, -0.1) is 0 Å². The number of hydrogen-bond acceptors (Lipinski definition) is 7. The number of rotatable bonds is 7. The fourth-order valence-electron chi connectivity index (χ4n) is 5.93. The van der Waals surface area contributed by atoms with Crippen LogP contribution in [0.5, 0.6) is 0 Å². The molecular weight excluding hydrogens is 412 g/mol. The molecule has 0 bridgehead atoms. The minimum atomic E-state index is -1.37. The summed E-state index contributed by atoms with van der Waals surface area (Å²) in [4.78, 5) is 38.3. The van der Waals surface area contributed by atoms with E-state index in [4.69, 9.17) is 18.9 Å². The fourth-order valence-corrected chi connectivity index (χ4v) is 5.93. The van der Waals surface area contributed by atoms with E-state index in [9.17, 15) is 14.4 Å². The highest BCUT2D eigenvalue weighted by atomic mass is 16.6. The van der Waals surface area contributed by atoms with Crippen LogP contribution in [0.15, 0.2) is 12.2 Å². The van der Waals surface area contributed by atoms with Crippen LogP contribution in [0, 0.1) is 11.3 Å². The molecule has 3 fully saturated rings. The smallest absolute Gasteiger partial charge is 0.330 e. The fraction of sp³-hybridized carbons (Fsp3) is 0.800. The Bertz CT molecular complexity index is 704. The minimum Gasteiger partial charge on any atom is -0.465 e. The molecule has 2 aliphatic carbocycles. The van der Waals surface area contributed by atoms with E-state index in [0.29, 0.717) is 19.4 Å². The number of hydrogen-bond donors (Lipinski definition) is 0. The van der Waals surface area contributed by atoms with Crippen molar-refractivity contribution >= 4 is 17.9 Å². The van der Waals surface area contributed by atoms with Crippen molar-refractivity contribution in [3.8, 4) is 0 Å². The maximum absolute atomic E-state index is 13.1. The van der Waals surface area contributed by atoms with Crippen molar-refractivity contribution in [1.82, 2.24) is 0 Å². The average molecular weight is 451 g/mol. The number of ether oxygens (including phenoxy) is 4. The van der Waals surface area contributed by atoms with Gasteiger partial charge in [0.05, 0.1) is 31.0 Å². The molecule has 3 rings (SSSR count). The normalized spacial score (nSPS) is 28.7. The molecular formula is C25H38O7. The molecule has 32 heavy (non-hydrogen) atoms. The SMILES string of the molecule is CCOC(=O)/C=C/[C@H]1CCC(C(=O)OCC)(C(=O)OCC)C[C@@]12CCC1(CCCCC1)O2. The Kier molecular flexibility index (Phi) is 8.01. The lowest BCUT2D eigenvalue weighted by Crippen LogP contribution is -2.55. The highest BCUT2D eigenvalue weighted by Gasteiger charge is 2.63. The van der Waals surface area contributed by atoms with E-state index in [1.165, 1.54) is 12.5 Å². The standard InChI is InChI=1S/C25H38O7/c1-4-29-20(26)11-10-19-12-15-24(21(27)30-5-2,22(28)31-6-3)18-25(19)17-16-23(32-25)13-8-7-9-14-23/h10-11,19H,4-9,12-18H2,1-3H3/b11-10+/t19-,25-/m0/s1. The first-order chi connectivity index (χ1) is 15.4. The molecule has 1 heterocycles. The second-order valence-corrected chi connectivity index (χ2v) is 9.37. The largest absolute Gasteiger partial charge is 0.465 e. The second kappa shape index (κ2) is 10.4. The van der Waals surface area contributed by atoms with Gasteiger partial charge in [-0.25, -0.2) is 4.79 Å². The van der Waals surface area contributed by atoms with Crippen molar-refractivity contribution in [1.29, 1.82) is 0 Å². The molecule has 0 aromatic carbocycles. The van der Waals surface area contributed by atoms with Crippen molar-refractivity contribution in [3.05, 3.63) is 12.2 Å². The summed E-state index contributed by atoms with van der Waals surface area (Å²) in [6, 6.07) is 0. The van der Waals surface area contributed by atoms with E-state index in [1.54, 1.807) is 20.8 Å². The lowest BCUT2D eigenvalue weighted by atomic mass is 9.61. The van der Waals surface area contributed by atoms with Crippen LogP contribution in [-0.2, 0) is 33.3 Å². The maximum Gasteiger partial charge on any atom is 0.330 e. The summed E-state index contributed by atoms with van der Waals surface area (Å²) in [6.07, 6.45) is 11.5. The summed E-state index contributed by atoms with van der Waals surface area (Å²) in [7, 11) is 0. The van der Waals surface area contributed by atoms with Crippen LogP contribution in [0.25, 0.3) is 0 Å². The van der Waals surface area contributed by atoms with Gasteiger partial charge >= 0.3 is 17.9 Å². The van der Waals surface area contributed by atoms with Gasteiger partial charge in [-0.1, -0.05) is 25.3 Å². The van der Waals surface area contributed by atoms with E-state index in [2.05, 4.69) is 0 Å². The van der Waals surface area contributed by atoms with Crippen LogP contribution in [0.1, 0.15) is 85.0 Å². The van der Waals surface area contributed by atoms with E-state index in [1.807, 2.05) is 6.08 Å². The first-order valence-electron chi connectivity index (χ1n) is 12.2. The van der Waals surface area contributed by atoms with Gasteiger partial charge < -0.3 is 18.9 Å². The molecule has 2 saturated carbocycles. The highest BCUT2D eigenvalue weighted by Crippen LogP contribution is 2.58. The zero-order valence-electron chi connectivity index (χ0n) is 19.8. The van der Waals surface area contributed by atoms with Gasteiger partial charge in [-0.3, -0.25) is 9.59 Å². The minimum absolute atomic E-state index is 0.0924. The first-order valence-corrected chi connectivity index (χ1v) is 12.2. The number of carbonyl (C=O) groups is 3. The van der Waals surface area contributed by atoms with Gasteiger partial charge in [0.25, 0.3) is 0 Å². The number of carbonyl (C=O) groups excluding carboxylic acids is 3. The molecule has 0 aromatic heterocycles. The molecule has 0 amide bonds. The predicted octanol–water partition coefficient (Wildman–Crippen LogP) is 4.27. The lowest BCUT2D eigenvalue weighted by molar-refractivity contribution is -0.199. The van der Waals surface area contributed by atoms with Crippen LogP contribution in [-0.4, -0.2) is 48.9 Å². The van der Waals surface area contributed by atoms with Crippen molar-refractivity contribution < 1.29 is 33.3 Å². The second-order valence-electron chi connectivity index (χ2n) is 9.37.